The Morgan fingerprint density at radius 3 is 2.78 bits per heavy atom. The van der Waals surface area contributed by atoms with E-state index in [-0.39, 0.29) is 17.5 Å². The molecule has 2 aromatic heterocycles. The molecule has 1 saturated heterocycles. The van der Waals surface area contributed by atoms with Crippen molar-refractivity contribution in [1.82, 2.24) is 10.3 Å². The van der Waals surface area contributed by atoms with E-state index in [2.05, 4.69) is 26.3 Å². The highest BCUT2D eigenvalue weighted by Crippen LogP contribution is 2.26. The van der Waals surface area contributed by atoms with Crippen LogP contribution in [0.1, 0.15) is 41.6 Å². The zero-order valence-corrected chi connectivity index (χ0v) is 16.5. The molecule has 1 fully saturated rings. The smallest absolute Gasteiger partial charge is 0.324 e. The molecule has 1 aliphatic rings. The number of aliphatic imine (C=N–C) groups is 1. The molecule has 142 valence electrons. The van der Waals surface area contributed by atoms with Gasteiger partial charge in [-0.05, 0) is 57.1 Å². The number of hydrogen-bond donors (Lipinski definition) is 0. The van der Waals surface area contributed by atoms with E-state index >= 15 is 0 Å². The Kier molecular flexibility index (Phi) is 5.96. The maximum Gasteiger partial charge on any atom is 0.324 e. The monoisotopic (exact) mass is 386 g/mol. The summed E-state index contributed by atoms with van der Waals surface area (Å²) in [6.07, 6.45) is 5.07. The average molecular weight is 386 g/mol. The van der Waals surface area contributed by atoms with Crippen molar-refractivity contribution in [2.45, 2.75) is 45.1 Å². The second-order valence-electron chi connectivity index (χ2n) is 6.51. The predicted octanol–water partition coefficient (Wildman–Crippen LogP) is 1.46. The van der Waals surface area contributed by atoms with Crippen LogP contribution in [0.15, 0.2) is 20.7 Å². The van der Waals surface area contributed by atoms with Gasteiger partial charge in [-0.25, -0.2) is 9.98 Å². The van der Waals surface area contributed by atoms with Crippen molar-refractivity contribution in [3.63, 3.8) is 0 Å². The third-order valence-electron chi connectivity index (χ3n) is 4.71. The van der Waals surface area contributed by atoms with Gasteiger partial charge in [-0.15, -0.1) is 0 Å². The second-order valence-corrected chi connectivity index (χ2v) is 7.47. The maximum absolute atomic E-state index is 12.2. The third kappa shape index (κ3) is 4.39. The second kappa shape index (κ2) is 8.39. The molecule has 0 N–H and O–H groups in total. The van der Waals surface area contributed by atoms with Crippen LogP contribution in [-0.4, -0.2) is 35.0 Å². The number of thioether (sulfide) groups is 1. The minimum Gasteiger partial charge on any atom is -0.861 e. The number of aromatic nitrogens is 3. The lowest BCUT2D eigenvalue weighted by Crippen LogP contribution is -2.60. The Balaban J connectivity index is 1.69. The molecule has 0 amide bonds. The fourth-order valence-electron chi connectivity index (χ4n) is 2.93. The van der Waals surface area contributed by atoms with Gasteiger partial charge in [-0.2, -0.15) is 10.3 Å². The van der Waals surface area contributed by atoms with E-state index in [4.69, 9.17) is 4.52 Å². The van der Waals surface area contributed by atoms with Crippen LogP contribution in [0, 0.1) is 32.1 Å². The minimum atomic E-state index is -0.358. The highest BCUT2D eigenvalue weighted by atomic mass is 32.2. The molecule has 0 unspecified atom stereocenters. The van der Waals surface area contributed by atoms with Crippen LogP contribution in [-0.2, 0) is 0 Å². The predicted molar refractivity (Wildman–Crippen MR) is 99.5 cm³/mol. The number of piperidine rings is 1. The summed E-state index contributed by atoms with van der Waals surface area (Å²) >= 11 is 1.21. The number of rotatable bonds is 5. The van der Waals surface area contributed by atoms with Crippen molar-refractivity contribution in [1.29, 1.82) is 5.26 Å². The first-order chi connectivity index (χ1) is 13.0. The summed E-state index contributed by atoms with van der Waals surface area (Å²) in [7, 11) is 0. The van der Waals surface area contributed by atoms with Crippen molar-refractivity contribution >= 4 is 23.5 Å². The largest absolute Gasteiger partial charge is 0.861 e. The van der Waals surface area contributed by atoms with Crippen LogP contribution in [0.5, 0.6) is 0 Å². The summed E-state index contributed by atoms with van der Waals surface area (Å²) in [4.78, 5) is 10.0. The van der Waals surface area contributed by atoms with Gasteiger partial charge in [-0.1, -0.05) is 11.8 Å². The van der Waals surface area contributed by atoms with Crippen LogP contribution < -0.4 is 14.9 Å². The van der Waals surface area contributed by atoms with Crippen molar-refractivity contribution in [3.8, 4) is 6.07 Å². The molecular formula is C18H22N6O2S. The molecule has 27 heavy (non-hydrogen) atoms. The number of hydrogen-bond acceptors (Lipinski definition) is 8. The summed E-state index contributed by atoms with van der Waals surface area (Å²) in [6, 6.07) is 2.18. The zero-order chi connectivity index (χ0) is 19.4. The molecule has 0 aliphatic carbocycles. The molecule has 0 radical (unpaired) electrons. The topological polar surface area (TPSA) is 105 Å². The van der Waals surface area contributed by atoms with Crippen molar-refractivity contribution in [3.05, 3.63) is 28.6 Å². The van der Waals surface area contributed by atoms with E-state index in [0.717, 1.165) is 42.8 Å². The van der Waals surface area contributed by atoms with Gasteiger partial charge >= 0.3 is 5.88 Å². The lowest BCUT2D eigenvalue weighted by molar-refractivity contribution is -0.759. The third-order valence-corrected chi connectivity index (χ3v) is 5.67. The van der Waals surface area contributed by atoms with E-state index < -0.39 is 0 Å². The number of aryl methyl sites for hydroxylation is 1. The minimum absolute atomic E-state index is 0.0774. The van der Waals surface area contributed by atoms with Gasteiger partial charge in [0.25, 0.3) is 6.20 Å². The molecule has 0 saturated carbocycles. The molecule has 1 aliphatic heterocycles. The highest BCUT2D eigenvalue weighted by molar-refractivity contribution is 7.99. The van der Waals surface area contributed by atoms with Crippen LogP contribution in [0.2, 0.25) is 0 Å². The van der Waals surface area contributed by atoms with Crippen LogP contribution in [0.3, 0.4) is 0 Å². The number of pyridine rings is 1. The Morgan fingerprint density at radius 1 is 1.33 bits per heavy atom. The fourth-order valence-corrected chi connectivity index (χ4v) is 3.80. The first-order valence-corrected chi connectivity index (χ1v) is 9.87. The molecule has 3 rings (SSSR count). The average Bonchev–Trinajstić information content (AvgIpc) is 3.13. The quantitative estimate of drug-likeness (QED) is 0.331. The molecule has 0 spiro atoms. The van der Waals surface area contributed by atoms with E-state index in [1.165, 1.54) is 18.2 Å². The SMILES string of the molecule is Cc1nc(SC/C([O-])=N/c2c[n+](N3CCCCC3)no2)c(C#N)c(C)c1C. The van der Waals surface area contributed by atoms with Crippen LogP contribution in [0.4, 0.5) is 5.88 Å². The van der Waals surface area contributed by atoms with E-state index in [1.807, 2.05) is 20.8 Å². The first kappa shape index (κ1) is 19.2. The van der Waals surface area contributed by atoms with Gasteiger partial charge in [0.1, 0.15) is 11.1 Å². The van der Waals surface area contributed by atoms with Gasteiger partial charge in [0.05, 0.1) is 23.4 Å². The van der Waals surface area contributed by atoms with Gasteiger partial charge in [0, 0.05) is 11.4 Å². The van der Waals surface area contributed by atoms with E-state index in [0.29, 0.717) is 10.6 Å². The summed E-state index contributed by atoms with van der Waals surface area (Å²) in [5.74, 6) is -0.104. The van der Waals surface area contributed by atoms with E-state index in [9.17, 15) is 10.4 Å². The molecular weight excluding hydrogens is 364 g/mol. The highest BCUT2D eigenvalue weighted by Gasteiger charge is 2.22. The Hall–Kier alpha value is -2.60. The molecule has 0 bridgehead atoms. The lowest BCUT2D eigenvalue weighted by Gasteiger charge is -2.17. The fraction of sp³-hybridized carbons (Fsp3) is 0.500. The van der Waals surface area contributed by atoms with Crippen molar-refractivity contribution < 1.29 is 14.4 Å². The summed E-state index contributed by atoms with van der Waals surface area (Å²) in [6.45, 7) is 7.56. The van der Waals surface area contributed by atoms with Gasteiger partial charge in [0.2, 0.25) is 5.27 Å². The summed E-state index contributed by atoms with van der Waals surface area (Å²) in [5, 5.41) is 28.1. The Morgan fingerprint density at radius 2 is 2.07 bits per heavy atom. The number of nitriles is 1. The van der Waals surface area contributed by atoms with Crippen molar-refractivity contribution in [2.24, 2.45) is 4.99 Å². The molecule has 0 aromatic carbocycles. The number of nitrogens with zero attached hydrogens (tertiary/aromatic N) is 6. The zero-order valence-electron chi connectivity index (χ0n) is 15.7. The molecule has 2 aromatic rings. The summed E-state index contributed by atoms with van der Waals surface area (Å²) < 4.78 is 5.15. The van der Waals surface area contributed by atoms with E-state index in [1.54, 1.807) is 11.0 Å². The lowest BCUT2D eigenvalue weighted by atomic mass is 10.1. The van der Waals surface area contributed by atoms with Crippen LogP contribution >= 0.6 is 11.8 Å². The Bertz CT molecular complexity index is 896. The van der Waals surface area contributed by atoms with Gasteiger partial charge < -0.3 is 5.11 Å². The molecule has 3 heterocycles. The normalized spacial score (nSPS) is 15.0. The molecule has 0 atom stereocenters. The Labute approximate surface area is 162 Å². The van der Waals surface area contributed by atoms with Crippen molar-refractivity contribution in [2.75, 3.05) is 23.9 Å². The molecule has 8 nitrogen and oxygen atoms in total. The van der Waals surface area contributed by atoms with Crippen LogP contribution in [0.25, 0.3) is 0 Å². The first-order valence-electron chi connectivity index (χ1n) is 8.88. The summed E-state index contributed by atoms with van der Waals surface area (Å²) in [5.41, 5.74) is 3.26. The van der Waals surface area contributed by atoms with Gasteiger partial charge in [0.15, 0.2) is 0 Å². The standard InChI is InChI=1S/C18H22N6O2S/c1-12-13(2)15(9-19)18(20-14(12)3)27-11-16(25)21-17-10-24(22-26-17)23-7-5-4-6-8-23/h10H,4-8,11H2,1-3H3. The maximum atomic E-state index is 12.2. The molecule has 9 heteroatoms. The van der Waals surface area contributed by atoms with Gasteiger partial charge in [-0.3, -0.25) is 4.52 Å².